The molecule has 1 aliphatic carbocycles. The summed E-state index contributed by atoms with van der Waals surface area (Å²) in [5.41, 5.74) is 5.71. The Hall–Kier alpha value is -3.94. The SMILES string of the molecule is Cc1ccc2c(c1)c(=O)n(C)c1nnc(COC(=O)c3ccc4[nH]c5c(c4c3)CCCC5)n21. The number of nitrogens with one attached hydrogen (secondary N) is 1. The molecule has 5 aromatic rings. The molecule has 0 spiro atoms. The molecular formula is C25H23N5O3. The number of hydrogen-bond acceptors (Lipinski definition) is 5. The van der Waals surface area contributed by atoms with Gasteiger partial charge in [-0.2, -0.15) is 0 Å². The Morgan fingerprint density at radius 1 is 1.09 bits per heavy atom. The highest BCUT2D eigenvalue weighted by atomic mass is 16.5. The molecule has 3 aromatic heterocycles. The first-order valence-electron chi connectivity index (χ1n) is 11.2. The van der Waals surface area contributed by atoms with E-state index in [-0.39, 0.29) is 12.2 Å². The Kier molecular flexibility index (Phi) is 4.36. The van der Waals surface area contributed by atoms with Gasteiger partial charge in [-0.05, 0) is 68.5 Å². The number of aromatic nitrogens is 5. The molecule has 1 aliphatic rings. The van der Waals surface area contributed by atoms with Crippen LogP contribution in [0.25, 0.3) is 27.6 Å². The molecule has 2 aromatic carbocycles. The zero-order chi connectivity index (χ0) is 22.7. The molecule has 0 bridgehead atoms. The van der Waals surface area contributed by atoms with Gasteiger partial charge in [-0.15, -0.1) is 10.2 Å². The summed E-state index contributed by atoms with van der Waals surface area (Å²) in [5, 5.41) is 10.0. The van der Waals surface area contributed by atoms with E-state index >= 15 is 0 Å². The zero-order valence-corrected chi connectivity index (χ0v) is 18.5. The average molecular weight is 441 g/mol. The van der Waals surface area contributed by atoms with Crippen molar-refractivity contribution < 1.29 is 9.53 Å². The fraction of sp³-hybridized carbons (Fsp3) is 0.280. The first kappa shape index (κ1) is 19.7. The van der Waals surface area contributed by atoms with Crippen molar-refractivity contribution in [3.05, 3.63) is 75.0 Å². The Morgan fingerprint density at radius 2 is 1.94 bits per heavy atom. The van der Waals surface area contributed by atoms with E-state index in [0.717, 1.165) is 29.3 Å². The summed E-state index contributed by atoms with van der Waals surface area (Å²) in [4.78, 5) is 29.1. The van der Waals surface area contributed by atoms with Crippen LogP contribution in [-0.2, 0) is 31.2 Å². The molecule has 166 valence electrons. The molecule has 33 heavy (non-hydrogen) atoms. The van der Waals surface area contributed by atoms with Crippen molar-refractivity contribution in [2.75, 3.05) is 0 Å². The molecule has 0 aliphatic heterocycles. The Balaban J connectivity index is 1.34. The monoisotopic (exact) mass is 441 g/mol. The van der Waals surface area contributed by atoms with Crippen LogP contribution in [0.15, 0.2) is 41.2 Å². The number of aryl methyl sites for hydroxylation is 4. The van der Waals surface area contributed by atoms with E-state index in [1.165, 1.54) is 28.7 Å². The maximum Gasteiger partial charge on any atom is 0.338 e. The zero-order valence-electron chi connectivity index (χ0n) is 18.5. The predicted octanol–water partition coefficient (Wildman–Crippen LogP) is 3.61. The summed E-state index contributed by atoms with van der Waals surface area (Å²) in [6.45, 7) is 1.89. The van der Waals surface area contributed by atoms with Crippen LogP contribution in [0.5, 0.6) is 0 Å². The normalized spacial score (nSPS) is 13.6. The molecule has 1 N–H and O–H groups in total. The lowest BCUT2D eigenvalue weighted by atomic mass is 9.95. The number of carbonyl (C=O) groups is 1. The third-order valence-electron chi connectivity index (χ3n) is 6.61. The van der Waals surface area contributed by atoms with Gasteiger partial charge in [0.25, 0.3) is 5.56 Å². The summed E-state index contributed by atoms with van der Waals surface area (Å²) in [5.74, 6) is 0.454. The van der Waals surface area contributed by atoms with Crippen LogP contribution in [0.4, 0.5) is 0 Å². The lowest BCUT2D eigenvalue weighted by Crippen LogP contribution is -2.20. The van der Waals surface area contributed by atoms with Crippen molar-refractivity contribution >= 4 is 33.6 Å². The standard InChI is InChI=1S/C25H23N5O3/c1-14-7-10-21-18(11-14)23(31)29(2)25-28-27-22(30(21)25)13-33-24(32)15-8-9-20-17(12-15)16-5-3-4-6-19(16)26-20/h7-12,26H,3-6,13H2,1-2H3. The van der Waals surface area contributed by atoms with Gasteiger partial charge in [-0.25, -0.2) is 4.79 Å². The van der Waals surface area contributed by atoms with Gasteiger partial charge >= 0.3 is 5.97 Å². The van der Waals surface area contributed by atoms with Gasteiger partial charge < -0.3 is 9.72 Å². The number of ether oxygens (including phenoxy) is 1. The highest BCUT2D eigenvalue weighted by Gasteiger charge is 2.19. The molecule has 0 amide bonds. The molecule has 0 radical (unpaired) electrons. The number of esters is 1. The third kappa shape index (κ3) is 3.05. The van der Waals surface area contributed by atoms with Gasteiger partial charge in [0.1, 0.15) is 0 Å². The Labute approximate surface area is 188 Å². The van der Waals surface area contributed by atoms with E-state index < -0.39 is 5.97 Å². The summed E-state index contributed by atoms with van der Waals surface area (Å²) < 4.78 is 8.87. The van der Waals surface area contributed by atoms with E-state index in [0.29, 0.717) is 28.1 Å². The van der Waals surface area contributed by atoms with Crippen molar-refractivity contribution in [1.82, 2.24) is 24.1 Å². The number of benzene rings is 2. The quantitative estimate of drug-likeness (QED) is 0.432. The Morgan fingerprint density at radius 3 is 2.82 bits per heavy atom. The number of H-pyrrole nitrogens is 1. The van der Waals surface area contributed by atoms with E-state index in [1.807, 2.05) is 37.3 Å². The second-order valence-corrected chi connectivity index (χ2v) is 8.76. The van der Waals surface area contributed by atoms with Crippen molar-refractivity contribution in [3.63, 3.8) is 0 Å². The van der Waals surface area contributed by atoms with E-state index in [1.54, 1.807) is 17.5 Å². The number of carbonyl (C=O) groups excluding carboxylic acids is 1. The minimum Gasteiger partial charge on any atom is -0.454 e. The second-order valence-electron chi connectivity index (χ2n) is 8.76. The molecule has 0 saturated carbocycles. The molecule has 8 nitrogen and oxygen atoms in total. The highest BCUT2D eigenvalue weighted by Crippen LogP contribution is 2.30. The summed E-state index contributed by atoms with van der Waals surface area (Å²) >= 11 is 0. The fourth-order valence-corrected chi connectivity index (χ4v) is 4.90. The maximum atomic E-state index is 12.9. The summed E-state index contributed by atoms with van der Waals surface area (Å²) in [6.07, 6.45) is 4.45. The largest absolute Gasteiger partial charge is 0.454 e. The van der Waals surface area contributed by atoms with Gasteiger partial charge in [0, 0.05) is 23.6 Å². The minimum atomic E-state index is -0.413. The minimum absolute atomic E-state index is 0.0511. The molecule has 8 heteroatoms. The highest BCUT2D eigenvalue weighted by molar-refractivity contribution is 5.96. The van der Waals surface area contributed by atoms with Gasteiger partial charge in [0.05, 0.1) is 16.5 Å². The van der Waals surface area contributed by atoms with Crippen molar-refractivity contribution in [2.45, 2.75) is 39.2 Å². The molecular weight excluding hydrogens is 418 g/mol. The van der Waals surface area contributed by atoms with Gasteiger partial charge in [0.15, 0.2) is 12.4 Å². The molecule has 0 atom stereocenters. The van der Waals surface area contributed by atoms with Crippen LogP contribution in [0, 0.1) is 6.92 Å². The van der Waals surface area contributed by atoms with Gasteiger partial charge in [-0.1, -0.05) is 11.6 Å². The number of fused-ring (bicyclic) bond motifs is 6. The van der Waals surface area contributed by atoms with Crippen LogP contribution < -0.4 is 5.56 Å². The van der Waals surface area contributed by atoms with E-state index in [2.05, 4.69) is 15.2 Å². The van der Waals surface area contributed by atoms with Crippen molar-refractivity contribution in [3.8, 4) is 0 Å². The smallest absolute Gasteiger partial charge is 0.338 e. The lowest BCUT2D eigenvalue weighted by Gasteiger charge is -2.10. The molecule has 0 unspecified atom stereocenters. The van der Waals surface area contributed by atoms with Gasteiger partial charge in [0.2, 0.25) is 5.78 Å². The molecule has 3 heterocycles. The molecule has 0 saturated heterocycles. The topological polar surface area (TPSA) is 94.3 Å². The first-order chi connectivity index (χ1) is 16.0. The number of hydrogen-bond donors (Lipinski definition) is 1. The summed E-state index contributed by atoms with van der Waals surface area (Å²) in [6, 6.07) is 11.3. The Bertz CT molecular complexity index is 1640. The van der Waals surface area contributed by atoms with Crippen LogP contribution in [0.3, 0.4) is 0 Å². The number of rotatable bonds is 3. The fourth-order valence-electron chi connectivity index (χ4n) is 4.90. The van der Waals surface area contributed by atoms with E-state index in [4.69, 9.17) is 4.74 Å². The van der Waals surface area contributed by atoms with Crippen molar-refractivity contribution in [2.24, 2.45) is 7.05 Å². The maximum absolute atomic E-state index is 12.9. The molecule has 0 fully saturated rings. The van der Waals surface area contributed by atoms with Crippen LogP contribution in [0.1, 0.15) is 45.8 Å². The van der Waals surface area contributed by atoms with Crippen LogP contribution in [0.2, 0.25) is 0 Å². The van der Waals surface area contributed by atoms with Crippen molar-refractivity contribution in [1.29, 1.82) is 0 Å². The first-order valence-corrected chi connectivity index (χ1v) is 11.2. The van der Waals surface area contributed by atoms with Crippen LogP contribution >= 0.6 is 0 Å². The third-order valence-corrected chi connectivity index (χ3v) is 6.61. The van der Waals surface area contributed by atoms with Gasteiger partial charge in [-0.3, -0.25) is 13.8 Å². The van der Waals surface area contributed by atoms with Crippen LogP contribution in [-0.4, -0.2) is 30.1 Å². The van der Waals surface area contributed by atoms with E-state index in [9.17, 15) is 9.59 Å². The number of nitrogens with zero attached hydrogens (tertiary/aromatic N) is 4. The second kappa shape index (κ2) is 7.30. The lowest BCUT2D eigenvalue weighted by molar-refractivity contribution is 0.0461. The average Bonchev–Trinajstić information content (AvgIpc) is 3.42. The molecule has 6 rings (SSSR count). The summed E-state index contributed by atoms with van der Waals surface area (Å²) in [7, 11) is 1.66. The number of aromatic amines is 1. The predicted molar refractivity (Wildman–Crippen MR) is 125 cm³/mol.